The fourth-order valence-electron chi connectivity index (χ4n) is 11.5. The van der Waals surface area contributed by atoms with Crippen LogP contribution in [0.1, 0.15) is 412 Å². The molecule has 454 valence electrons. The van der Waals surface area contributed by atoms with E-state index >= 15 is 0 Å². The molecule has 0 rings (SSSR count). The lowest BCUT2D eigenvalue weighted by Crippen LogP contribution is -2.45. The van der Waals surface area contributed by atoms with Gasteiger partial charge in [0.05, 0.1) is 25.4 Å². The number of ether oxygens (including phenoxy) is 1. The number of aliphatic hydroxyl groups excluding tert-OH is 2. The van der Waals surface area contributed by atoms with Gasteiger partial charge in [-0.05, 0) is 25.7 Å². The highest BCUT2D eigenvalue weighted by molar-refractivity contribution is 5.76. The molecule has 0 saturated carbocycles. The Kier molecular flexibility index (Phi) is 65.4. The van der Waals surface area contributed by atoms with Crippen LogP contribution in [0.5, 0.6) is 0 Å². The van der Waals surface area contributed by atoms with Crippen molar-refractivity contribution < 1.29 is 24.5 Å². The molecule has 2 atom stereocenters. The topological polar surface area (TPSA) is 95.9 Å². The van der Waals surface area contributed by atoms with Crippen molar-refractivity contribution in [2.45, 2.75) is 424 Å². The van der Waals surface area contributed by atoms with Crippen LogP contribution in [0.4, 0.5) is 0 Å². The van der Waals surface area contributed by atoms with Crippen LogP contribution in [0.2, 0.25) is 0 Å². The molecule has 0 radical (unpaired) electrons. The van der Waals surface area contributed by atoms with Crippen molar-refractivity contribution in [2.24, 2.45) is 0 Å². The molecule has 0 fully saturated rings. The number of carbonyl (C=O) groups excluding carboxylic acids is 2. The van der Waals surface area contributed by atoms with Gasteiger partial charge in [-0.2, -0.15) is 0 Å². The summed E-state index contributed by atoms with van der Waals surface area (Å²) >= 11 is 0. The van der Waals surface area contributed by atoms with Gasteiger partial charge in [0.2, 0.25) is 5.91 Å². The van der Waals surface area contributed by atoms with Crippen molar-refractivity contribution in [1.29, 1.82) is 0 Å². The molecule has 76 heavy (non-hydrogen) atoms. The molecule has 0 bridgehead atoms. The molecule has 0 spiro atoms. The van der Waals surface area contributed by atoms with Crippen molar-refractivity contribution in [2.75, 3.05) is 13.2 Å². The second kappa shape index (κ2) is 66.4. The summed E-state index contributed by atoms with van der Waals surface area (Å²) in [5, 5.41) is 23.3. The third-order valence-corrected chi connectivity index (χ3v) is 16.9. The van der Waals surface area contributed by atoms with E-state index in [1.54, 1.807) is 0 Å². The third-order valence-electron chi connectivity index (χ3n) is 16.9. The Hall–Kier alpha value is -1.14. The smallest absolute Gasteiger partial charge is 0.305 e. The van der Waals surface area contributed by atoms with Crippen LogP contribution in [0.25, 0.3) is 0 Å². The van der Waals surface area contributed by atoms with E-state index < -0.39 is 12.1 Å². The third kappa shape index (κ3) is 62.1. The summed E-state index contributed by atoms with van der Waals surface area (Å²) < 4.78 is 5.51. The quantitative estimate of drug-likeness (QED) is 0.0417. The molecular formula is C70H139NO5. The van der Waals surface area contributed by atoms with Gasteiger partial charge < -0.3 is 20.3 Å². The van der Waals surface area contributed by atoms with Gasteiger partial charge in [-0.15, -0.1) is 0 Å². The molecule has 0 aromatic heterocycles. The second-order valence-corrected chi connectivity index (χ2v) is 24.6. The molecule has 0 heterocycles. The van der Waals surface area contributed by atoms with Crippen LogP contribution in [-0.2, 0) is 14.3 Å². The predicted octanol–water partition coefficient (Wildman–Crippen LogP) is 22.6. The number of amides is 1. The fourth-order valence-corrected chi connectivity index (χ4v) is 11.5. The van der Waals surface area contributed by atoms with E-state index in [0.29, 0.717) is 25.9 Å². The van der Waals surface area contributed by atoms with E-state index in [1.807, 2.05) is 0 Å². The van der Waals surface area contributed by atoms with Gasteiger partial charge in [-0.25, -0.2) is 0 Å². The van der Waals surface area contributed by atoms with Gasteiger partial charge in [0.1, 0.15) is 0 Å². The van der Waals surface area contributed by atoms with Crippen LogP contribution < -0.4 is 5.32 Å². The van der Waals surface area contributed by atoms with Crippen LogP contribution in [0, 0.1) is 0 Å². The minimum Gasteiger partial charge on any atom is -0.466 e. The molecule has 0 aliphatic rings. The number of hydrogen-bond acceptors (Lipinski definition) is 5. The summed E-state index contributed by atoms with van der Waals surface area (Å²) in [5.74, 6) is -0.00319. The average Bonchev–Trinajstić information content (AvgIpc) is 3.42. The number of rotatable bonds is 67. The maximum Gasteiger partial charge on any atom is 0.305 e. The number of esters is 1. The standard InChI is InChI=1S/C70H139NO5/c1-3-5-7-9-11-13-15-17-18-37-40-44-48-52-56-60-64-70(75)76-65-61-57-53-49-45-41-38-35-33-31-29-27-25-23-21-19-20-22-24-26-28-30-32-34-36-39-43-47-51-55-59-63-69(74)71-67(66-72)68(73)62-58-54-50-46-42-16-14-12-10-8-6-4-2/h67-68,72-73H,3-66H2,1-2H3,(H,71,74). The molecule has 0 saturated heterocycles. The summed E-state index contributed by atoms with van der Waals surface area (Å²) in [7, 11) is 0. The van der Waals surface area contributed by atoms with E-state index in [4.69, 9.17) is 4.74 Å². The molecule has 3 N–H and O–H groups in total. The van der Waals surface area contributed by atoms with Crippen LogP contribution in [0.15, 0.2) is 0 Å². The lowest BCUT2D eigenvalue weighted by molar-refractivity contribution is -0.143. The van der Waals surface area contributed by atoms with E-state index in [2.05, 4.69) is 19.2 Å². The zero-order valence-electron chi connectivity index (χ0n) is 52.0. The van der Waals surface area contributed by atoms with Crippen LogP contribution >= 0.6 is 0 Å². The highest BCUT2D eigenvalue weighted by atomic mass is 16.5. The van der Waals surface area contributed by atoms with E-state index in [1.165, 1.54) is 340 Å². The van der Waals surface area contributed by atoms with Crippen molar-refractivity contribution in [3.05, 3.63) is 0 Å². The van der Waals surface area contributed by atoms with Gasteiger partial charge in [0.15, 0.2) is 0 Å². The highest BCUT2D eigenvalue weighted by Gasteiger charge is 2.20. The number of unbranched alkanes of at least 4 members (excludes halogenated alkanes) is 56. The zero-order chi connectivity index (χ0) is 55.0. The van der Waals surface area contributed by atoms with Crippen LogP contribution in [0.3, 0.4) is 0 Å². The van der Waals surface area contributed by atoms with Gasteiger partial charge in [0.25, 0.3) is 0 Å². The Morgan fingerprint density at radius 2 is 0.539 bits per heavy atom. The molecule has 2 unspecified atom stereocenters. The molecule has 6 heteroatoms. The Morgan fingerprint density at radius 3 is 0.803 bits per heavy atom. The first-order valence-corrected chi connectivity index (χ1v) is 35.3. The maximum atomic E-state index is 12.5. The highest BCUT2D eigenvalue weighted by Crippen LogP contribution is 2.20. The summed E-state index contributed by atoms with van der Waals surface area (Å²) in [4.78, 5) is 24.6. The predicted molar refractivity (Wildman–Crippen MR) is 334 cm³/mol. The minimum atomic E-state index is -0.659. The molecule has 0 aliphatic heterocycles. The number of carbonyl (C=O) groups is 2. The SMILES string of the molecule is CCCCCCCCCCCCCCCCCCC(=O)OCCCCCCCCCCCCCCCCCCCCCCCCCCCCCCCCCC(=O)NC(CO)C(O)CCCCCCCCCCCCCC. The lowest BCUT2D eigenvalue weighted by atomic mass is 10.0. The lowest BCUT2D eigenvalue weighted by Gasteiger charge is -2.22. The van der Waals surface area contributed by atoms with Crippen molar-refractivity contribution in [1.82, 2.24) is 5.32 Å². The summed E-state index contributed by atoms with van der Waals surface area (Å²) in [6.07, 6.45) is 80.2. The monoisotopic (exact) mass is 1070 g/mol. The van der Waals surface area contributed by atoms with E-state index in [9.17, 15) is 19.8 Å². The molecule has 0 aliphatic carbocycles. The van der Waals surface area contributed by atoms with Gasteiger partial charge in [0, 0.05) is 12.8 Å². The Balaban J connectivity index is 3.28. The van der Waals surface area contributed by atoms with Crippen LogP contribution in [-0.4, -0.2) is 47.4 Å². The Bertz CT molecular complexity index is 1100. The molecule has 6 nitrogen and oxygen atoms in total. The Labute approximate surface area is 476 Å². The molecular weight excluding hydrogens is 935 g/mol. The first-order chi connectivity index (χ1) is 37.5. The van der Waals surface area contributed by atoms with Crippen molar-refractivity contribution in [3.63, 3.8) is 0 Å². The Morgan fingerprint density at radius 1 is 0.316 bits per heavy atom. The largest absolute Gasteiger partial charge is 0.466 e. The van der Waals surface area contributed by atoms with E-state index in [0.717, 1.165) is 38.5 Å². The fraction of sp³-hybridized carbons (Fsp3) is 0.971. The van der Waals surface area contributed by atoms with Gasteiger partial charge in [-0.3, -0.25) is 9.59 Å². The molecule has 0 aromatic rings. The molecule has 1 amide bonds. The normalized spacial score (nSPS) is 12.4. The number of aliphatic hydroxyl groups is 2. The second-order valence-electron chi connectivity index (χ2n) is 24.6. The van der Waals surface area contributed by atoms with Crippen molar-refractivity contribution in [3.8, 4) is 0 Å². The molecule has 0 aromatic carbocycles. The summed E-state index contributed by atoms with van der Waals surface area (Å²) in [6, 6.07) is -0.536. The summed E-state index contributed by atoms with van der Waals surface area (Å²) in [6.45, 7) is 4.99. The first-order valence-electron chi connectivity index (χ1n) is 35.3. The maximum absolute atomic E-state index is 12.5. The number of nitrogens with one attached hydrogen (secondary N) is 1. The average molecular weight is 1070 g/mol. The van der Waals surface area contributed by atoms with Gasteiger partial charge >= 0.3 is 5.97 Å². The summed E-state index contributed by atoms with van der Waals surface area (Å²) in [5.41, 5.74) is 0. The zero-order valence-corrected chi connectivity index (χ0v) is 52.0. The number of hydrogen-bond donors (Lipinski definition) is 3. The van der Waals surface area contributed by atoms with E-state index in [-0.39, 0.29) is 18.5 Å². The van der Waals surface area contributed by atoms with Gasteiger partial charge in [-0.1, -0.05) is 373 Å². The van der Waals surface area contributed by atoms with Crippen molar-refractivity contribution >= 4 is 11.9 Å². The first kappa shape index (κ1) is 74.9. The minimum absolute atomic E-state index is 0.0253.